The number of rotatable bonds is 9. The Morgan fingerprint density at radius 2 is 1.26 bits per heavy atom. The van der Waals surface area contributed by atoms with Gasteiger partial charge in [-0.3, -0.25) is 24.9 Å². The smallest absolute Gasteiger partial charge is 0.0844 e. The molecule has 0 aliphatic rings. The van der Waals surface area contributed by atoms with Crippen LogP contribution in [0, 0.1) is 0 Å². The Morgan fingerprint density at radius 1 is 0.677 bits per heavy atom. The van der Waals surface area contributed by atoms with Gasteiger partial charge in [-0.1, -0.05) is 42.5 Å². The van der Waals surface area contributed by atoms with E-state index in [1.54, 1.807) is 0 Å². The predicted octanol–water partition coefficient (Wildman–Crippen LogP) is 4.13. The van der Waals surface area contributed by atoms with Crippen molar-refractivity contribution in [1.29, 1.82) is 0 Å². The average Bonchev–Trinajstić information content (AvgIpc) is 3.17. The van der Waals surface area contributed by atoms with E-state index in [-0.39, 0.29) is 0 Å². The van der Waals surface area contributed by atoms with Crippen molar-refractivity contribution < 1.29 is 0 Å². The van der Waals surface area contributed by atoms with E-state index in [4.69, 9.17) is 5.10 Å². The number of benzene rings is 1. The second-order valence-corrected chi connectivity index (χ2v) is 7.88. The SMILES string of the molecule is CN(Cc1ccccn1)Cc1n[nH]c(CN(C)Cc2ccccn2)c1-c1ccccc1. The van der Waals surface area contributed by atoms with Crippen molar-refractivity contribution in [3.05, 3.63) is 102 Å². The summed E-state index contributed by atoms with van der Waals surface area (Å²) < 4.78 is 0. The highest BCUT2D eigenvalue weighted by Crippen LogP contribution is 2.28. The van der Waals surface area contributed by atoms with Crippen LogP contribution in [0.2, 0.25) is 0 Å². The molecule has 0 bridgehead atoms. The number of hydrogen-bond donors (Lipinski definition) is 1. The highest BCUT2D eigenvalue weighted by atomic mass is 15.2. The quantitative estimate of drug-likeness (QED) is 0.448. The highest BCUT2D eigenvalue weighted by molar-refractivity contribution is 5.68. The summed E-state index contributed by atoms with van der Waals surface area (Å²) >= 11 is 0. The second kappa shape index (κ2) is 10.1. The molecule has 1 N–H and O–H groups in total. The van der Waals surface area contributed by atoms with Crippen molar-refractivity contribution in [2.24, 2.45) is 0 Å². The van der Waals surface area contributed by atoms with E-state index in [1.165, 1.54) is 11.1 Å². The van der Waals surface area contributed by atoms with E-state index in [0.29, 0.717) is 0 Å². The predicted molar refractivity (Wildman–Crippen MR) is 123 cm³/mol. The van der Waals surface area contributed by atoms with Gasteiger partial charge in [0.1, 0.15) is 0 Å². The van der Waals surface area contributed by atoms with Crippen molar-refractivity contribution >= 4 is 0 Å². The number of hydrogen-bond acceptors (Lipinski definition) is 5. The van der Waals surface area contributed by atoms with E-state index in [9.17, 15) is 0 Å². The minimum Gasteiger partial charge on any atom is -0.295 e. The Bertz CT molecular complexity index is 996. The molecule has 4 rings (SSSR count). The van der Waals surface area contributed by atoms with E-state index in [1.807, 2.05) is 42.7 Å². The molecule has 1 aromatic carbocycles. The van der Waals surface area contributed by atoms with Gasteiger partial charge in [-0.15, -0.1) is 0 Å². The van der Waals surface area contributed by atoms with E-state index >= 15 is 0 Å². The monoisotopic (exact) mass is 412 g/mol. The first-order valence-electron chi connectivity index (χ1n) is 10.5. The summed E-state index contributed by atoms with van der Waals surface area (Å²) in [4.78, 5) is 13.4. The molecule has 4 aromatic rings. The first kappa shape index (κ1) is 20.9. The highest BCUT2D eigenvalue weighted by Gasteiger charge is 2.18. The van der Waals surface area contributed by atoms with Gasteiger partial charge in [0, 0.05) is 44.1 Å². The van der Waals surface area contributed by atoms with Gasteiger partial charge in [-0.05, 0) is 43.9 Å². The van der Waals surface area contributed by atoms with Crippen LogP contribution in [0.3, 0.4) is 0 Å². The lowest BCUT2D eigenvalue weighted by Gasteiger charge is -2.18. The Kier molecular flexibility index (Phi) is 6.82. The molecule has 3 heterocycles. The molecule has 158 valence electrons. The van der Waals surface area contributed by atoms with Gasteiger partial charge >= 0.3 is 0 Å². The summed E-state index contributed by atoms with van der Waals surface area (Å²) in [5, 5.41) is 8.01. The fraction of sp³-hybridized carbons (Fsp3) is 0.240. The number of H-pyrrole nitrogens is 1. The van der Waals surface area contributed by atoms with Crippen LogP contribution < -0.4 is 0 Å². The standard InChI is InChI=1S/C25H28N6/c1-30(16-21-12-6-8-14-26-21)18-23-25(20-10-4-3-5-11-20)24(29-28-23)19-31(2)17-22-13-7-9-15-27-22/h3-15H,16-19H2,1-2H3,(H,28,29). The summed E-state index contributed by atoms with van der Waals surface area (Å²) in [5.74, 6) is 0. The van der Waals surface area contributed by atoms with Gasteiger partial charge in [-0.2, -0.15) is 5.10 Å². The zero-order valence-electron chi connectivity index (χ0n) is 18.1. The first-order valence-corrected chi connectivity index (χ1v) is 10.5. The maximum atomic E-state index is 4.70. The molecular weight excluding hydrogens is 384 g/mol. The van der Waals surface area contributed by atoms with E-state index in [0.717, 1.165) is 49.0 Å². The lowest BCUT2D eigenvalue weighted by Crippen LogP contribution is -2.19. The number of aromatic amines is 1. The third-order valence-corrected chi connectivity index (χ3v) is 5.14. The van der Waals surface area contributed by atoms with Crippen LogP contribution in [0.4, 0.5) is 0 Å². The largest absolute Gasteiger partial charge is 0.295 e. The van der Waals surface area contributed by atoms with Crippen molar-refractivity contribution in [2.45, 2.75) is 26.2 Å². The van der Waals surface area contributed by atoms with Gasteiger partial charge < -0.3 is 0 Å². The van der Waals surface area contributed by atoms with Crippen LogP contribution in [0.25, 0.3) is 11.1 Å². The summed E-state index contributed by atoms with van der Waals surface area (Å²) in [6, 6.07) is 22.5. The number of nitrogens with one attached hydrogen (secondary N) is 1. The molecule has 31 heavy (non-hydrogen) atoms. The topological polar surface area (TPSA) is 60.9 Å². The number of aromatic nitrogens is 4. The maximum absolute atomic E-state index is 4.70. The molecule has 0 atom stereocenters. The van der Waals surface area contributed by atoms with Crippen LogP contribution in [-0.4, -0.2) is 44.1 Å². The molecule has 0 saturated heterocycles. The zero-order chi connectivity index (χ0) is 21.5. The summed E-state index contributed by atoms with van der Waals surface area (Å²) in [6.07, 6.45) is 3.67. The van der Waals surface area contributed by atoms with Crippen molar-refractivity contribution in [1.82, 2.24) is 30.0 Å². The minimum absolute atomic E-state index is 0.737. The normalized spacial score (nSPS) is 11.4. The molecule has 6 nitrogen and oxygen atoms in total. The van der Waals surface area contributed by atoms with Crippen LogP contribution in [-0.2, 0) is 26.2 Å². The Balaban J connectivity index is 1.54. The molecule has 0 fully saturated rings. The molecule has 0 aliphatic heterocycles. The van der Waals surface area contributed by atoms with Gasteiger partial charge in [0.25, 0.3) is 0 Å². The zero-order valence-corrected chi connectivity index (χ0v) is 18.1. The second-order valence-electron chi connectivity index (χ2n) is 7.88. The lowest BCUT2D eigenvalue weighted by molar-refractivity contribution is 0.311. The van der Waals surface area contributed by atoms with Gasteiger partial charge in [0.2, 0.25) is 0 Å². The Labute approximate surface area is 183 Å². The molecule has 0 saturated carbocycles. The molecule has 6 heteroatoms. The Morgan fingerprint density at radius 3 is 1.84 bits per heavy atom. The van der Waals surface area contributed by atoms with Crippen molar-refractivity contribution in [3.8, 4) is 11.1 Å². The van der Waals surface area contributed by atoms with Crippen LogP contribution in [0.1, 0.15) is 22.8 Å². The maximum Gasteiger partial charge on any atom is 0.0844 e. The molecule has 3 aromatic heterocycles. The summed E-state index contributed by atoms with van der Waals surface area (Å²) in [5.41, 5.74) is 6.63. The fourth-order valence-corrected chi connectivity index (χ4v) is 3.77. The Hall–Kier alpha value is -3.35. The minimum atomic E-state index is 0.737. The van der Waals surface area contributed by atoms with Gasteiger partial charge in [-0.25, -0.2) is 0 Å². The molecular formula is C25H28N6. The third-order valence-electron chi connectivity index (χ3n) is 5.14. The van der Waals surface area contributed by atoms with E-state index in [2.05, 4.69) is 75.4 Å². The average molecular weight is 413 g/mol. The van der Waals surface area contributed by atoms with Crippen molar-refractivity contribution in [3.63, 3.8) is 0 Å². The number of pyridine rings is 2. The molecule has 0 amide bonds. The van der Waals surface area contributed by atoms with E-state index < -0.39 is 0 Å². The van der Waals surface area contributed by atoms with Crippen LogP contribution >= 0.6 is 0 Å². The lowest BCUT2D eigenvalue weighted by atomic mass is 10.0. The number of nitrogens with zero attached hydrogens (tertiary/aromatic N) is 5. The van der Waals surface area contributed by atoms with Gasteiger partial charge in [0.05, 0.1) is 22.8 Å². The first-order chi connectivity index (χ1) is 15.2. The van der Waals surface area contributed by atoms with Gasteiger partial charge in [0.15, 0.2) is 0 Å². The van der Waals surface area contributed by atoms with Crippen LogP contribution in [0.5, 0.6) is 0 Å². The molecule has 0 spiro atoms. The summed E-state index contributed by atoms with van der Waals surface area (Å²) in [7, 11) is 4.21. The summed E-state index contributed by atoms with van der Waals surface area (Å²) in [6.45, 7) is 3.05. The fourth-order valence-electron chi connectivity index (χ4n) is 3.77. The third kappa shape index (κ3) is 5.63. The molecule has 0 unspecified atom stereocenters. The molecule has 0 aliphatic carbocycles. The molecule has 0 radical (unpaired) electrons. The van der Waals surface area contributed by atoms with Crippen LogP contribution in [0.15, 0.2) is 79.1 Å². The van der Waals surface area contributed by atoms with Crippen molar-refractivity contribution in [2.75, 3.05) is 14.1 Å².